The minimum atomic E-state index is 0.438. The summed E-state index contributed by atoms with van der Waals surface area (Å²) in [4.78, 5) is 2.65. The molecule has 0 N–H and O–H groups in total. The van der Waals surface area contributed by atoms with E-state index in [4.69, 9.17) is 4.74 Å². The van der Waals surface area contributed by atoms with Crippen LogP contribution in [0.5, 0.6) is 0 Å². The Morgan fingerprint density at radius 3 is 1.70 bits per heavy atom. The molecule has 118 valence electrons. The third kappa shape index (κ3) is 3.39. The maximum absolute atomic E-state index is 5.80. The van der Waals surface area contributed by atoms with Crippen molar-refractivity contribution in [2.45, 2.75) is 65.2 Å². The molecule has 2 aliphatic carbocycles. The highest BCUT2D eigenvalue weighted by Crippen LogP contribution is 2.51. The molecule has 0 saturated heterocycles. The van der Waals surface area contributed by atoms with Crippen LogP contribution in [0.25, 0.3) is 0 Å². The van der Waals surface area contributed by atoms with Gasteiger partial charge in [0.2, 0.25) is 0 Å². The number of hydrogen-bond acceptors (Lipinski definition) is 2. The average molecular weight is 281 g/mol. The van der Waals surface area contributed by atoms with Gasteiger partial charge in [-0.05, 0) is 50.6 Å². The molecule has 0 aromatic heterocycles. The van der Waals surface area contributed by atoms with E-state index in [9.17, 15) is 0 Å². The molecule has 0 amide bonds. The minimum Gasteiger partial charge on any atom is -0.384 e. The van der Waals surface area contributed by atoms with E-state index in [0.29, 0.717) is 5.41 Å². The molecule has 0 aromatic carbocycles. The van der Waals surface area contributed by atoms with Gasteiger partial charge in [-0.2, -0.15) is 0 Å². The molecule has 0 bridgehead atoms. The van der Waals surface area contributed by atoms with Gasteiger partial charge in [-0.3, -0.25) is 0 Å². The Bertz CT molecular complexity index is 247. The van der Waals surface area contributed by atoms with Crippen LogP contribution >= 0.6 is 0 Å². The van der Waals surface area contributed by atoms with E-state index in [-0.39, 0.29) is 0 Å². The van der Waals surface area contributed by atoms with Crippen molar-refractivity contribution in [3.8, 4) is 0 Å². The van der Waals surface area contributed by atoms with Gasteiger partial charge < -0.3 is 9.64 Å². The lowest BCUT2D eigenvalue weighted by Crippen LogP contribution is -2.49. The first kappa shape index (κ1) is 16.3. The molecule has 0 aliphatic heterocycles. The van der Waals surface area contributed by atoms with Crippen LogP contribution in [-0.4, -0.2) is 38.3 Å². The number of methoxy groups -OCH3 is 1. The summed E-state index contributed by atoms with van der Waals surface area (Å²) in [6.45, 7) is 9.24. The maximum Gasteiger partial charge on any atom is 0.0536 e. The summed E-state index contributed by atoms with van der Waals surface area (Å²) < 4.78 is 5.80. The molecule has 2 nitrogen and oxygen atoms in total. The summed E-state index contributed by atoms with van der Waals surface area (Å²) in [7, 11) is 1.92. The molecule has 0 spiro atoms. The van der Waals surface area contributed by atoms with Crippen molar-refractivity contribution in [2.75, 3.05) is 33.4 Å². The topological polar surface area (TPSA) is 12.5 Å². The Labute approximate surface area is 126 Å². The number of nitrogens with zero attached hydrogens (tertiary/aromatic N) is 1. The third-order valence-electron chi connectivity index (χ3n) is 6.16. The van der Waals surface area contributed by atoms with Crippen molar-refractivity contribution in [2.24, 2.45) is 17.3 Å². The Balaban J connectivity index is 2.21. The van der Waals surface area contributed by atoms with E-state index in [2.05, 4.69) is 18.7 Å². The third-order valence-corrected chi connectivity index (χ3v) is 6.16. The second-order valence-electron chi connectivity index (χ2n) is 7.09. The summed E-state index contributed by atoms with van der Waals surface area (Å²) in [5.41, 5.74) is 0.438. The fourth-order valence-electron chi connectivity index (χ4n) is 5.01. The van der Waals surface area contributed by atoms with Crippen LogP contribution in [0, 0.1) is 17.3 Å². The van der Waals surface area contributed by atoms with Gasteiger partial charge in [-0.1, -0.05) is 39.5 Å². The van der Waals surface area contributed by atoms with E-state index in [0.717, 1.165) is 18.4 Å². The van der Waals surface area contributed by atoms with Crippen molar-refractivity contribution in [1.82, 2.24) is 4.90 Å². The van der Waals surface area contributed by atoms with Crippen molar-refractivity contribution in [3.05, 3.63) is 0 Å². The zero-order chi connectivity index (χ0) is 14.4. The van der Waals surface area contributed by atoms with Gasteiger partial charge in [0, 0.05) is 19.1 Å². The molecule has 0 atom stereocenters. The van der Waals surface area contributed by atoms with Crippen LogP contribution in [0.4, 0.5) is 0 Å². The van der Waals surface area contributed by atoms with Crippen LogP contribution in [0.1, 0.15) is 65.2 Å². The Hall–Kier alpha value is -0.0800. The lowest BCUT2D eigenvalue weighted by molar-refractivity contribution is -0.0393. The smallest absolute Gasteiger partial charge is 0.0536 e. The van der Waals surface area contributed by atoms with Crippen LogP contribution in [-0.2, 0) is 4.74 Å². The van der Waals surface area contributed by atoms with Gasteiger partial charge >= 0.3 is 0 Å². The van der Waals surface area contributed by atoms with Gasteiger partial charge in [-0.25, -0.2) is 0 Å². The summed E-state index contributed by atoms with van der Waals surface area (Å²) >= 11 is 0. The van der Waals surface area contributed by atoms with Crippen molar-refractivity contribution < 1.29 is 4.74 Å². The van der Waals surface area contributed by atoms with E-state index in [1.54, 1.807) is 0 Å². The highest BCUT2D eigenvalue weighted by molar-refractivity contribution is 4.97. The van der Waals surface area contributed by atoms with Crippen LogP contribution in [0.15, 0.2) is 0 Å². The molecular weight excluding hydrogens is 246 g/mol. The summed E-state index contributed by atoms with van der Waals surface area (Å²) in [6, 6.07) is 0. The quantitative estimate of drug-likeness (QED) is 0.656. The van der Waals surface area contributed by atoms with Crippen LogP contribution < -0.4 is 0 Å². The molecule has 0 unspecified atom stereocenters. The maximum atomic E-state index is 5.80. The average Bonchev–Trinajstić information content (AvgIpc) is 3.16. The molecule has 2 fully saturated rings. The Morgan fingerprint density at radius 1 is 0.900 bits per heavy atom. The predicted molar refractivity (Wildman–Crippen MR) is 86.0 cm³/mol. The molecule has 2 rings (SSSR count). The van der Waals surface area contributed by atoms with E-state index < -0.39 is 0 Å². The lowest BCUT2D eigenvalue weighted by atomic mass is 9.65. The lowest BCUT2D eigenvalue weighted by Gasteiger charge is -2.46. The van der Waals surface area contributed by atoms with Crippen LogP contribution in [0.2, 0.25) is 0 Å². The van der Waals surface area contributed by atoms with Gasteiger partial charge in [-0.15, -0.1) is 0 Å². The fourth-order valence-corrected chi connectivity index (χ4v) is 5.01. The zero-order valence-corrected chi connectivity index (χ0v) is 14.0. The highest BCUT2D eigenvalue weighted by atomic mass is 16.5. The molecule has 20 heavy (non-hydrogen) atoms. The first-order valence-corrected chi connectivity index (χ1v) is 8.98. The molecule has 2 heteroatoms. The highest BCUT2D eigenvalue weighted by Gasteiger charge is 2.47. The van der Waals surface area contributed by atoms with E-state index >= 15 is 0 Å². The Kier molecular flexibility index (Phi) is 6.35. The molecule has 0 radical (unpaired) electrons. The van der Waals surface area contributed by atoms with E-state index in [1.165, 1.54) is 71.0 Å². The number of ether oxygens (including phenoxy) is 1. The first-order chi connectivity index (χ1) is 9.76. The molecule has 0 aromatic rings. The fraction of sp³-hybridized carbons (Fsp3) is 1.00. The summed E-state index contributed by atoms with van der Waals surface area (Å²) in [5, 5.41) is 0. The second-order valence-corrected chi connectivity index (χ2v) is 7.09. The van der Waals surface area contributed by atoms with Gasteiger partial charge in [0.25, 0.3) is 0 Å². The summed E-state index contributed by atoms with van der Waals surface area (Å²) in [6.07, 6.45) is 11.6. The van der Waals surface area contributed by atoms with Crippen molar-refractivity contribution >= 4 is 0 Å². The molecular formula is C18H35NO. The van der Waals surface area contributed by atoms with Crippen molar-refractivity contribution in [3.63, 3.8) is 0 Å². The van der Waals surface area contributed by atoms with Crippen LogP contribution in [0.3, 0.4) is 0 Å². The first-order valence-electron chi connectivity index (χ1n) is 8.98. The standard InChI is InChI=1S/C18H35NO/c1-4-19(5-2)14-18(15-20-3,16-10-6-7-11-16)17-12-8-9-13-17/h16-17H,4-15H2,1-3H3. The SMILES string of the molecule is CCN(CC)CC(COC)(C1CCCC1)C1CCCC1. The minimum absolute atomic E-state index is 0.438. The van der Waals surface area contributed by atoms with E-state index in [1.807, 2.05) is 7.11 Å². The largest absolute Gasteiger partial charge is 0.384 e. The monoisotopic (exact) mass is 281 g/mol. The number of rotatable bonds is 8. The molecule has 2 aliphatic rings. The van der Waals surface area contributed by atoms with Gasteiger partial charge in [0.15, 0.2) is 0 Å². The Morgan fingerprint density at radius 2 is 1.35 bits per heavy atom. The molecule has 2 saturated carbocycles. The van der Waals surface area contributed by atoms with Gasteiger partial charge in [0.1, 0.15) is 0 Å². The summed E-state index contributed by atoms with van der Waals surface area (Å²) in [5.74, 6) is 1.82. The van der Waals surface area contributed by atoms with Gasteiger partial charge in [0.05, 0.1) is 6.61 Å². The number of hydrogen-bond donors (Lipinski definition) is 0. The normalized spacial score (nSPS) is 22.2. The molecule has 0 heterocycles. The van der Waals surface area contributed by atoms with Crippen molar-refractivity contribution in [1.29, 1.82) is 0 Å². The second kappa shape index (κ2) is 7.79. The predicted octanol–water partition coefficient (Wildman–Crippen LogP) is 4.34. The zero-order valence-electron chi connectivity index (χ0n) is 14.0.